The number of esters is 1. The second kappa shape index (κ2) is 42.5. The first-order valence-corrected chi connectivity index (χ1v) is 24.5. The molecule has 0 saturated carbocycles. The van der Waals surface area contributed by atoms with E-state index >= 15 is 0 Å². The number of nitrogens with zero attached hydrogens (tertiary/aromatic N) is 2. The minimum atomic E-state index is -0.650. The third-order valence-corrected chi connectivity index (χ3v) is 11.4. The average molecular weight is 797 g/mol. The van der Waals surface area contributed by atoms with Gasteiger partial charge < -0.3 is 24.4 Å². The van der Waals surface area contributed by atoms with Gasteiger partial charge in [-0.15, -0.1) is 0 Å². The molecule has 0 radical (unpaired) electrons. The zero-order valence-corrected chi connectivity index (χ0v) is 38.0. The number of allylic oxidation sites excluding steroid dienone is 1. The summed E-state index contributed by atoms with van der Waals surface area (Å²) in [5, 5.41) is 11.0. The number of carbonyl (C=O) groups is 2. The zero-order chi connectivity index (χ0) is 40.5. The maximum absolute atomic E-state index is 13.1. The monoisotopic (exact) mass is 797 g/mol. The van der Waals surface area contributed by atoms with Gasteiger partial charge in [0.15, 0.2) is 6.29 Å². The second-order valence-corrected chi connectivity index (χ2v) is 17.4. The van der Waals surface area contributed by atoms with Crippen LogP contribution in [0.5, 0.6) is 0 Å². The summed E-state index contributed by atoms with van der Waals surface area (Å²) in [6, 6.07) is 0. The quantitative estimate of drug-likeness (QED) is 0.0285. The van der Waals surface area contributed by atoms with Gasteiger partial charge in [0, 0.05) is 31.8 Å². The van der Waals surface area contributed by atoms with Crippen molar-refractivity contribution in [1.29, 1.82) is 0 Å². The normalized spacial score (nSPS) is 12.4. The average Bonchev–Trinajstić information content (AvgIpc) is 3.16. The van der Waals surface area contributed by atoms with Gasteiger partial charge in [0.1, 0.15) is 6.61 Å². The Balaban J connectivity index is 4.37. The standard InChI is InChI=1S/C47H92N2O5S/c1-6-9-12-15-18-27-34-42-53-45(50)37-30-23-19-25-32-39-49(47(52)55-43-41-48(4)5)40-33-26-20-24-31-38-46(51)54-44(35-28-21-16-13-10-7-2)36-29-22-17-14-11-8-3/h27,34,44,46,51H,6-26,28-33,35-43H2,1-5H3/b34-27-. The third kappa shape index (κ3) is 39.5. The zero-order valence-electron chi connectivity index (χ0n) is 37.1. The minimum Gasteiger partial charge on any atom is -0.461 e. The minimum absolute atomic E-state index is 0.0992. The van der Waals surface area contributed by atoms with Crippen LogP contribution in [0.25, 0.3) is 0 Å². The number of hydrogen-bond donors (Lipinski definition) is 1. The predicted octanol–water partition coefficient (Wildman–Crippen LogP) is 13.7. The molecule has 1 N–H and O–H groups in total. The maximum atomic E-state index is 13.1. The largest absolute Gasteiger partial charge is 0.461 e. The van der Waals surface area contributed by atoms with Crippen molar-refractivity contribution in [2.75, 3.05) is 46.1 Å². The van der Waals surface area contributed by atoms with Crippen LogP contribution in [0.15, 0.2) is 12.2 Å². The van der Waals surface area contributed by atoms with Crippen LogP contribution in [-0.4, -0.2) is 84.6 Å². The van der Waals surface area contributed by atoms with E-state index < -0.39 is 6.29 Å². The van der Waals surface area contributed by atoms with Gasteiger partial charge in [0.2, 0.25) is 0 Å². The van der Waals surface area contributed by atoms with Gasteiger partial charge in [-0.25, -0.2) is 0 Å². The second-order valence-electron chi connectivity index (χ2n) is 16.3. The van der Waals surface area contributed by atoms with Crippen molar-refractivity contribution in [2.24, 2.45) is 0 Å². The van der Waals surface area contributed by atoms with E-state index in [-0.39, 0.29) is 17.3 Å². The van der Waals surface area contributed by atoms with Crippen molar-refractivity contribution in [1.82, 2.24) is 9.80 Å². The van der Waals surface area contributed by atoms with Crippen LogP contribution in [0.4, 0.5) is 4.79 Å². The molecule has 0 aliphatic carbocycles. The molecular formula is C47H92N2O5S. The van der Waals surface area contributed by atoms with E-state index in [1.165, 1.54) is 114 Å². The molecule has 1 unspecified atom stereocenters. The Morgan fingerprint density at radius 1 is 0.582 bits per heavy atom. The molecule has 0 aromatic heterocycles. The number of carbonyl (C=O) groups excluding carboxylic acids is 2. The maximum Gasteiger partial charge on any atom is 0.306 e. The van der Waals surface area contributed by atoms with Crippen LogP contribution in [-0.2, 0) is 14.3 Å². The van der Waals surface area contributed by atoms with E-state index in [1.807, 2.05) is 20.2 Å². The smallest absolute Gasteiger partial charge is 0.306 e. The lowest BCUT2D eigenvalue weighted by atomic mass is 10.0. The number of ether oxygens (including phenoxy) is 2. The van der Waals surface area contributed by atoms with E-state index in [9.17, 15) is 14.7 Å². The highest BCUT2D eigenvalue weighted by atomic mass is 32.2. The lowest BCUT2D eigenvalue weighted by Crippen LogP contribution is -2.30. The SMILES string of the molecule is CCCCCC/C=C\COC(=O)CCCCCCCN(CCCCCCCC(O)OC(CCCCCCCC)CCCCCCCC)C(=O)SCCN(C)C. The molecule has 0 rings (SSSR count). The van der Waals surface area contributed by atoms with Gasteiger partial charge in [-0.3, -0.25) is 9.59 Å². The van der Waals surface area contributed by atoms with Crippen LogP contribution >= 0.6 is 11.8 Å². The van der Waals surface area contributed by atoms with Gasteiger partial charge in [-0.1, -0.05) is 180 Å². The highest BCUT2D eigenvalue weighted by Gasteiger charge is 2.16. The molecule has 1 atom stereocenters. The highest BCUT2D eigenvalue weighted by molar-refractivity contribution is 8.13. The summed E-state index contributed by atoms with van der Waals surface area (Å²) in [7, 11) is 4.10. The number of rotatable bonds is 42. The number of hydrogen-bond acceptors (Lipinski definition) is 7. The Kier molecular flexibility index (Phi) is 41.7. The van der Waals surface area contributed by atoms with Crippen LogP contribution in [0.1, 0.15) is 220 Å². The van der Waals surface area contributed by atoms with E-state index in [1.54, 1.807) is 0 Å². The summed E-state index contributed by atoms with van der Waals surface area (Å²) < 4.78 is 11.6. The fourth-order valence-electron chi connectivity index (χ4n) is 6.92. The van der Waals surface area contributed by atoms with Crippen molar-refractivity contribution < 1.29 is 24.2 Å². The van der Waals surface area contributed by atoms with Gasteiger partial charge in [-0.05, 0) is 71.9 Å². The first kappa shape index (κ1) is 53.9. The van der Waals surface area contributed by atoms with E-state index in [0.29, 0.717) is 19.4 Å². The van der Waals surface area contributed by atoms with Gasteiger partial charge in [-0.2, -0.15) is 0 Å². The number of unbranched alkanes of at least 4 members (excludes halogenated alkanes) is 22. The lowest BCUT2D eigenvalue weighted by Gasteiger charge is -2.23. The molecule has 8 heteroatoms. The van der Waals surface area contributed by atoms with Crippen molar-refractivity contribution >= 4 is 23.0 Å². The topological polar surface area (TPSA) is 79.3 Å². The third-order valence-electron chi connectivity index (χ3n) is 10.6. The van der Waals surface area contributed by atoms with Crippen LogP contribution in [0, 0.1) is 0 Å². The molecule has 0 heterocycles. The Labute approximate surface area is 346 Å². The van der Waals surface area contributed by atoms with E-state index in [4.69, 9.17) is 9.47 Å². The molecule has 0 aromatic rings. The van der Waals surface area contributed by atoms with Crippen molar-refractivity contribution in [2.45, 2.75) is 232 Å². The molecule has 0 aliphatic heterocycles. The summed E-state index contributed by atoms with van der Waals surface area (Å²) >= 11 is 1.45. The van der Waals surface area contributed by atoms with Crippen LogP contribution < -0.4 is 0 Å². The molecule has 0 aromatic carbocycles. The molecule has 326 valence electrons. The molecule has 7 nitrogen and oxygen atoms in total. The van der Waals surface area contributed by atoms with Crippen molar-refractivity contribution in [3.63, 3.8) is 0 Å². The first-order valence-electron chi connectivity index (χ1n) is 23.5. The first-order chi connectivity index (χ1) is 26.8. The molecule has 55 heavy (non-hydrogen) atoms. The summed E-state index contributed by atoms with van der Waals surface area (Å²) in [6.45, 7) is 9.67. The van der Waals surface area contributed by atoms with Gasteiger partial charge in [0.25, 0.3) is 5.24 Å². The summed E-state index contributed by atoms with van der Waals surface area (Å²) in [5.74, 6) is 0.717. The molecule has 1 amide bonds. The van der Waals surface area contributed by atoms with Gasteiger partial charge >= 0.3 is 5.97 Å². The van der Waals surface area contributed by atoms with Crippen molar-refractivity contribution in [3.05, 3.63) is 12.2 Å². The fraction of sp³-hybridized carbons (Fsp3) is 0.915. The van der Waals surface area contributed by atoms with Crippen LogP contribution in [0.2, 0.25) is 0 Å². The Morgan fingerprint density at radius 2 is 1.05 bits per heavy atom. The highest BCUT2D eigenvalue weighted by Crippen LogP contribution is 2.20. The number of thioether (sulfide) groups is 1. The summed E-state index contributed by atoms with van der Waals surface area (Å²) in [6.07, 6.45) is 39.0. The number of aliphatic hydroxyl groups is 1. The van der Waals surface area contributed by atoms with E-state index in [2.05, 4.69) is 36.6 Å². The Bertz CT molecular complexity index is 841. The fourth-order valence-corrected chi connectivity index (χ4v) is 7.92. The Morgan fingerprint density at radius 3 is 1.60 bits per heavy atom. The van der Waals surface area contributed by atoms with Crippen molar-refractivity contribution in [3.8, 4) is 0 Å². The molecule has 0 saturated heterocycles. The number of aliphatic hydroxyl groups excluding tert-OH is 1. The lowest BCUT2D eigenvalue weighted by molar-refractivity contribution is -0.144. The summed E-state index contributed by atoms with van der Waals surface area (Å²) in [4.78, 5) is 29.4. The van der Waals surface area contributed by atoms with Crippen LogP contribution in [0.3, 0.4) is 0 Å². The molecule has 0 fully saturated rings. The summed E-state index contributed by atoms with van der Waals surface area (Å²) in [5.41, 5.74) is 0. The number of amides is 1. The molecule has 0 bridgehead atoms. The van der Waals surface area contributed by atoms with Gasteiger partial charge in [0.05, 0.1) is 6.10 Å². The molecular weight excluding hydrogens is 705 g/mol. The van der Waals surface area contributed by atoms with E-state index in [0.717, 1.165) is 109 Å². The molecule has 0 aliphatic rings. The predicted molar refractivity (Wildman–Crippen MR) is 239 cm³/mol. The molecule has 0 spiro atoms. The Hall–Kier alpha value is -1.09.